The Morgan fingerprint density at radius 2 is 1.61 bits per heavy atom. The van der Waals surface area contributed by atoms with Gasteiger partial charge < -0.3 is 18.9 Å². The van der Waals surface area contributed by atoms with E-state index in [2.05, 4.69) is 6.07 Å². The van der Waals surface area contributed by atoms with E-state index in [9.17, 15) is 5.26 Å². The number of nitriles is 1. The lowest BCUT2D eigenvalue weighted by Gasteiger charge is -2.05. The van der Waals surface area contributed by atoms with E-state index >= 15 is 0 Å². The first-order valence-electron chi connectivity index (χ1n) is 6.85. The van der Waals surface area contributed by atoms with Gasteiger partial charge in [0.25, 0.3) is 0 Å². The molecule has 0 saturated carbocycles. The highest BCUT2D eigenvalue weighted by Gasteiger charge is 2.17. The molecule has 2 aliphatic heterocycles. The summed E-state index contributed by atoms with van der Waals surface area (Å²) in [5.74, 6) is 2.52. The molecule has 0 N–H and O–H groups in total. The Hall–Kier alpha value is -2.84. The molecule has 0 aliphatic carbocycles. The zero-order valence-corrected chi connectivity index (χ0v) is 12.6. The molecule has 0 fully saturated rings. The highest BCUT2D eigenvalue weighted by molar-refractivity contribution is 6.32. The summed E-state index contributed by atoms with van der Waals surface area (Å²) in [4.78, 5) is 0. The highest BCUT2D eigenvalue weighted by atomic mass is 35.5. The zero-order chi connectivity index (χ0) is 15.8. The molecule has 0 unspecified atom stereocenters. The average molecular weight is 328 g/mol. The molecule has 2 aromatic carbocycles. The van der Waals surface area contributed by atoms with Crippen LogP contribution in [0.25, 0.3) is 11.6 Å². The minimum absolute atomic E-state index is 0.173. The predicted molar refractivity (Wildman–Crippen MR) is 83.6 cm³/mol. The summed E-state index contributed by atoms with van der Waals surface area (Å²) >= 11 is 6.26. The molecule has 4 rings (SSSR count). The fourth-order valence-corrected chi connectivity index (χ4v) is 2.65. The first kappa shape index (κ1) is 13.8. The van der Waals surface area contributed by atoms with Gasteiger partial charge in [0.15, 0.2) is 23.0 Å². The van der Waals surface area contributed by atoms with Crippen molar-refractivity contribution in [3.63, 3.8) is 0 Å². The first-order chi connectivity index (χ1) is 11.2. The molecule has 2 aromatic rings. The van der Waals surface area contributed by atoms with Crippen molar-refractivity contribution in [1.82, 2.24) is 0 Å². The van der Waals surface area contributed by atoms with Crippen molar-refractivity contribution in [3.05, 3.63) is 46.5 Å². The largest absolute Gasteiger partial charge is 0.454 e. The van der Waals surface area contributed by atoms with E-state index in [0.717, 1.165) is 5.56 Å². The molecule has 2 aliphatic rings. The van der Waals surface area contributed by atoms with E-state index in [4.69, 9.17) is 30.5 Å². The van der Waals surface area contributed by atoms with Crippen molar-refractivity contribution in [2.75, 3.05) is 13.6 Å². The standard InChI is InChI=1S/C17H10ClNO4/c18-13-6-17-16(22-9-23-17)5-11(13)3-12(7-19)10-1-2-14-15(4-10)21-8-20-14/h1-6H,8-9H2/b12-3+. The lowest BCUT2D eigenvalue weighted by atomic mass is 10.0. The third-order valence-electron chi connectivity index (χ3n) is 3.60. The maximum Gasteiger partial charge on any atom is 0.231 e. The van der Waals surface area contributed by atoms with Crippen LogP contribution in [0.1, 0.15) is 11.1 Å². The molecule has 23 heavy (non-hydrogen) atoms. The van der Waals surface area contributed by atoms with Gasteiger partial charge in [0.2, 0.25) is 13.6 Å². The second-order valence-electron chi connectivity index (χ2n) is 4.96. The third kappa shape index (κ3) is 2.43. The number of fused-ring (bicyclic) bond motifs is 2. The van der Waals surface area contributed by atoms with Gasteiger partial charge in [0, 0.05) is 6.07 Å². The molecule has 0 spiro atoms. The lowest BCUT2D eigenvalue weighted by molar-refractivity contribution is 0.173. The van der Waals surface area contributed by atoms with E-state index in [-0.39, 0.29) is 13.6 Å². The Morgan fingerprint density at radius 3 is 2.35 bits per heavy atom. The SMILES string of the molecule is N#C/C(=C\c1cc2c(cc1Cl)OCO2)c1ccc2c(c1)OCO2. The van der Waals surface area contributed by atoms with Crippen LogP contribution < -0.4 is 18.9 Å². The van der Waals surface area contributed by atoms with E-state index in [1.165, 1.54) is 0 Å². The predicted octanol–water partition coefficient (Wildman–Crippen LogP) is 3.86. The quantitative estimate of drug-likeness (QED) is 0.619. The van der Waals surface area contributed by atoms with Crippen LogP contribution in [0.4, 0.5) is 0 Å². The van der Waals surface area contributed by atoms with E-state index in [0.29, 0.717) is 39.2 Å². The minimum atomic E-state index is 0.173. The summed E-state index contributed by atoms with van der Waals surface area (Å²) in [6.45, 7) is 0.366. The van der Waals surface area contributed by atoms with Crippen LogP contribution in [0.2, 0.25) is 5.02 Å². The van der Waals surface area contributed by atoms with Crippen molar-refractivity contribution in [2.45, 2.75) is 0 Å². The van der Waals surface area contributed by atoms with E-state index < -0.39 is 0 Å². The number of halogens is 1. The Bertz CT molecular complexity index is 870. The third-order valence-corrected chi connectivity index (χ3v) is 3.92. The molecule has 114 valence electrons. The second-order valence-corrected chi connectivity index (χ2v) is 5.37. The van der Waals surface area contributed by atoms with Gasteiger partial charge in [0.1, 0.15) is 0 Å². The van der Waals surface area contributed by atoms with Crippen molar-refractivity contribution in [3.8, 4) is 29.1 Å². The Morgan fingerprint density at radius 1 is 0.957 bits per heavy atom. The van der Waals surface area contributed by atoms with Crippen molar-refractivity contribution in [1.29, 1.82) is 5.26 Å². The van der Waals surface area contributed by atoms with Crippen molar-refractivity contribution >= 4 is 23.3 Å². The van der Waals surface area contributed by atoms with Crippen LogP contribution in [0.5, 0.6) is 23.0 Å². The van der Waals surface area contributed by atoms with E-state index in [1.807, 2.05) is 6.07 Å². The number of hydrogen-bond donors (Lipinski definition) is 0. The molecule has 2 heterocycles. The summed E-state index contributed by atoms with van der Waals surface area (Å²) in [5, 5.41) is 9.97. The average Bonchev–Trinajstić information content (AvgIpc) is 3.20. The fraction of sp³-hybridized carbons (Fsp3) is 0.118. The van der Waals surface area contributed by atoms with Crippen LogP contribution in [0, 0.1) is 11.3 Å². The van der Waals surface area contributed by atoms with Gasteiger partial charge >= 0.3 is 0 Å². The molecular formula is C17H10ClNO4. The molecule has 5 nitrogen and oxygen atoms in total. The first-order valence-corrected chi connectivity index (χ1v) is 7.23. The summed E-state index contributed by atoms with van der Waals surface area (Å²) in [6.07, 6.45) is 1.71. The molecule has 6 heteroatoms. The smallest absolute Gasteiger partial charge is 0.231 e. The van der Waals surface area contributed by atoms with Crippen molar-refractivity contribution < 1.29 is 18.9 Å². The Balaban J connectivity index is 1.75. The molecule has 0 amide bonds. The summed E-state index contributed by atoms with van der Waals surface area (Å²) in [5.41, 5.74) is 1.87. The van der Waals surface area contributed by atoms with Gasteiger partial charge in [-0.3, -0.25) is 0 Å². The van der Waals surface area contributed by atoms with Gasteiger partial charge in [-0.15, -0.1) is 0 Å². The van der Waals surface area contributed by atoms with E-state index in [1.54, 1.807) is 30.3 Å². The van der Waals surface area contributed by atoms with Gasteiger partial charge in [-0.2, -0.15) is 5.26 Å². The molecular weight excluding hydrogens is 318 g/mol. The topological polar surface area (TPSA) is 60.7 Å². The second kappa shape index (κ2) is 5.41. The van der Waals surface area contributed by atoms with Crippen LogP contribution in [-0.2, 0) is 0 Å². The zero-order valence-electron chi connectivity index (χ0n) is 11.8. The van der Waals surface area contributed by atoms with Crippen molar-refractivity contribution in [2.24, 2.45) is 0 Å². The number of allylic oxidation sites excluding steroid dienone is 1. The number of benzene rings is 2. The highest BCUT2D eigenvalue weighted by Crippen LogP contribution is 2.39. The van der Waals surface area contributed by atoms with Gasteiger partial charge in [-0.1, -0.05) is 11.6 Å². The monoisotopic (exact) mass is 327 g/mol. The van der Waals surface area contributed by atoms with Gasteiger partial charge in [0.05, 0.1) is 16.7 Å². The Kier molecular flexibility index (Phi) is 3.25. The van der Waals surface area contributed by atoms with Crippen LogP contribution in [0.15, 0.2) is 30.3 Å². The van der Waals surface area contributed by atoms with Crippen LogP contribution in [-0.4, -0.2) is 13.6 Å². The maximum absolute atomic E-state index is 9.48. The van der Waals surface area contributed by atoms with Gasteiger partial charge in [-0.25, -0.2) is 0 Å². The maximum atomic E-state index is 9.48. The molecule has 0 aromatic heterocycles. The molecule has 0 atom stereocenters. The van der Waals surface area contributed by atoms with Crippen LogP contribution in [0.3, 0.4) is 0 Å². The number of nitrogens with zero attached hydrogens (tertiary/aromatic N) is 1. The number of hydrogen-bond acceptors (Lipinski definition) is 5. The normalized spacial score (nSPS) is 14.7. The van der Waals surface area contributed by atoms with Crippen LogP contribution >= 0.6 is 11.6 Å². The molecule has 0 radical (unpaired) electrons. The number of ether oxygens (including phenoxy) is 4. The molecule has 0 saturated heterocycles. The Labute approximate surface area is 137 Å². The molecule has 0 bridgehead atoms. The van der Waals surface area contributed by atoms with Gasteiger partial charge in [-0.05, 0) is 41.5 Å². The summed E-state index contributed by atoms with van der Waals surface area (Å²) in [7, 11) is 0. The lowest BCUT2D eigenvalue weighted by Crippen LogP contribution is -1.93. The summed E-state index contributed by atoms with van der Waals surface area (Å²) in [6, 6.07) is 11.0. The summed E-state index contributed by atoms with van der Waals surface area (Å²) < 4.78 is 21.2. The number of rotatable bonds is 2. The minimum Gasteiger partial charge on any atom is -0.454 e. The fourth-order valence-electron chi connectivity index (χ4n) is 2.44.